The second kappa shape index (κ2) is 5.94. The smallest absolute Gasteiger partial charge is 0.218 e. The van der Waals surface area contributed by atoms with Gasteiger partial charge in [0, 0.05) is 11.1 Å². The highest BCUT2D eigenvalue weighted by molar-refractivity contribution is 7.98. The summed E-state index contributed by atoms with van der Waals surface area (Å²) in [6.45, 7) is 0. The van der Waals surface area contributed by atoms with Gasteiger partial charge in [0.2, 0.25) is 11.0 Å². The second-order valence-electron chi connectivity index (χ2n) is 4.56. The number of aromatic nitrogens is 4. The van der Waals surface area contributed by atoms with E-state index >= 15 is 0 Å². The molecule has 0 amide bonds. The lowest BCUT2D eigenvalue weighted by Crippen LogP contribution is -2.11. The average molecular weight is 345 g/mol. The van der Waals surface area contributed by atoms with Crippen molar-refractivity contribution in [3.63, 3.8) is 0 Å². The van der Waals surface area contributed by atoms with Crippen LogP contribution in [0.2, 0.25) is 0 Å². The summed E-state index contributed by atoms with van der Waals surface area (Å²) in [6.07, 6.45) is 3.21. The Morgan fingerprint density at radius 1 is 1.13 bits per heavy atom. The maximum atomic E-state index is 6.02. The van der Waals surface area contributed by atoms with Crippen LogP contribution < -0.4 is 5.84 Å². The summed E-state index contributed by atoms with van der Waals surface area (Å²) in [4.78, 5) is 4.54. The summed E-state index contributed by atoms with van der Waals surface area (Å²) in [5.74, 6) is 8.51. The Morgan fingerprint density at radius 2 is 1.91 bits per heavy atom. The first-order valence-corrected chi connectivity index (χ1v) is 8.53. The van der Waals surface area contributed by atoms with Gasteiger partial charge in [-0.15, -0.1) is 21.5 Å². The van der Waals surface area contributed by atoms with Crippen LogP contribution in [0.4, 0.5) is 0 Å². The van der Waals surface area contributed by atoms with Crippen LogP contribution in [0, 0.1) is 0 Å². The Bertz CT molecular complexity index is 896. The van der Waals surface area contributed by atoms with Crippen molar-refractivity contribution < 1.29 is 8.83 Å². The fraction of sp³-hybridized carbons (Fsp3) is 0.0714. The minimum atomic E-state index is 0.493. The zero-order valence-electron chi connectivity index (χ0n) is 11.7. The molecule has 4 aromatic heterocycles. The quantitative estimate of drug-likeness (QED) is 0.438. The van der Waals surface area contributed by atoms with Crippen LogP contribution in [-0.4, -0.2) is 19.9 Å². The van der Waals surface area contributed by atoms with Gasteiger partial charge in [-0.3, -0.25) is 0 Å². The van der Waals surface area contributed by atoms with Gasteiger partial charge in [0.25, 0.3) is 0 Å². The van der Waals surface area contributed by atoms with Gasteiger partial charge in [-0.2, -0.15) is 0 Å². The van der Waals surface area contributed by atoms with E-state index in [1.54, 1.807) is 36.0 Å². The average Bonchev–Trinajstić information content (AvgIpc) is 3.33. The minimum absolute atomic E-state index is 0.493. The molecular formula is C14H11N5O2S2. The second-order valence-corrected chi connectivity index (χ2v) is 6.36. The molecule has 4 aromatic rings. The maximum absolute atomic E-state index is 6.02. The van der Waals surface area contributed by atoms with E-state index in [-0.39, 0.29) is 0 Å². The SMILES string of the molecule is Nn1c(SCc2csc(-c3ccco3)n2)nnc1-c1ccco1. The zero-order valence-corrected chi connectivity index (χ0v) is 13.4. The van der Waals surface area contributed by atoms with Crippen molar-refractivity contribution in [2.45, 2.75) is 10.9 Å². The van der Waals surface area contributed by atoms with E-state index in [2.05, 4.69) is 15.2 Å². The van der Waals surface area contributed by atoms with E-state index in [1.807, 2.05) is 17.5 Å². The molecular weight excluding hydrogens is 334 g/mol. The largest absolute Gasteiger partial charge is 0.462 e. The van der Waals surface area contributed by atoms with Gasteiger partial charge < -0.3 is 14.7 Å². The first kappa shape index (κ1) is 14.1. The van der Waals surface area contributed by atoms with Crippen molar-refractivity contribution in [1.82, 2.24) is 19.9 Å². The number of thiazole rings is 1. The summed E-state index contributed by atoms with van der Waals surface area (Å²) >= 11 is 3.01. The molecule has 23 heavy (non-hydrogen) atoms. The van der Waals surface area contributed by atoms with Gasteiger partial charge in [0.15, 0.2) is 16.5 Å². The summed E-state index contributed by atoms with van der Waals surface area (Å²) in [6, 6.07) is 7.31. The molecule has 0 aromatic carbocycles. The lowest BCUT2D eigenvalue weighted by molar-refractivity contribution is 0.574. The van der Waals surface area contributed by atoms with E-state index in [0.717, 1.165) is 16.5 Å². The number of hydrogen-bond donors (Lipinski definition) is 1. The van der Waals surface area contributed by atoms with Crippen LogP contribution in [0.25, 0.3) is 22.4 Å². The third kappa shape index (κ3) is 2.76. The first-order chi connectivity index (χ1) is 11.3. The van der Waals surface area contributed by atoms with Gasteiger partial charge in [0.05, 0.1) is 18.2 Å². The van der Waals surface area contributed by atoms with Crippen LogP contribution in [-0.2, 0) is 5.75 Å². The molecule has 116 valence electrons. The number of nitrogen functional groups attached to an aromatic ring is 1. The molecule has 0 atom stereocenters. The Balaban J connectivity index is 1.48. The zero-order chi connectivity index (χ0) is 15.6. The van der Waals surface area contributed by atoms with Gasteiger partial charge in [-0.1, -0.05) is 11.8 Å². The molecule has 4 rings (SSSR count). The van der Waals surface area contributed by atoms with Gasteiger partial charge in [0.1, 0.15) is 0 Å². The summed E-state index contributed by atoms with van der Waals surface area (Å²) in [5.41, 5.74) is 0.939. The van der Waals surface area contributed by atoms with Gasteiger partial charge in [-0.25, -0.2) is 9.66 Å². The molecule has 0 aliphatic carbocycles. The lowest BCUT2D eigenvalue weighted by Gasteiger charge is -2.00. The van der Waals surface area contributed by atoms with Gasteiger partial charge >= 0.3 is 0 Å². The molecule has 0 radical (unpaired) electrons. The molecule has 4 heterocycles. The van der Waals surface area contributed by atoms with Crippen LogP contribution >= 0.6 is 23.1 Å². The molecule has 0 fully saturated rings. The molecule has 7 nitrogen and oxygen atoms in total. The summed E-state index contributed by atoms with van der Waals surface area (Å²) < 4.78 is 12.1. The molecule has 0 unspecified atom stereocenters. The molecule has 2 N–H and O–H groups in total. The summed E-state index contributed by atoms with van der Waals surface area (Å²) in [5, 5.41) is 11.6. The third-order valence-electron chi connectivity index (χ3n) is 3.04. The fourth-order valence-electron chi connectivity index (χ4n) is 1.97. The Hall–Kier alpha value is -2.52. The summed E-state index contributed by atoms with van der Waals surface area (Å²) in [7, 11) is 0. The van der Waals surface area contributed by atoms with Crippen LogP contribution in [0.15, 0.2) is 56.2 Å². The molecule has 0 saturated carbocycles. The van der Waals surface area contributed by atoms with Crippen molar-refractivity contribution in [2.75, 3.05) is 5.84 Å². The molecule has 0 saturated heterocycles. The number of nitrogens with two attached hydrogens (primary N) is 1. The monoisotopic (exact) mass is 345 g/mol. The van der Waals surface area contributed by atoms with Crippen LogP contribution in [0.5, 0.6) is 0 Å². The molecule has 0 aliphatic rings. The number of rotatable bonds is 5. The number of thioether (sulfide) groups is 1. The van der Waals surface area contributed by atoms with Crippen LogP contribution in [0.3, 0.4) is 0 Å². The highest BCUT2D eigenvalue weighted by atomic mass is 32.2. The maximum Gasteiger partial charge on any atom is 0.218 e. The fourth-order valence-corrected chi connectivity index (χ4v) is 3.61. The van der Waals surface area contributed by atoms with Crippen molar-refractivity contribution in [2.24, 2.45) is 0 Å². The van der Waals surface area contributed by atoms with Gasteiger partial charge in [-0.05, 0) is 24.3 Å². The highest BCUT2D eigenvalue weighted by Gasteiger charge is 2.15. The number of furan rings is 2. The minimum Gasteiger partial charge on any atom is -0.462 e. The number of nitrogens with zero attached hydrogens (tertiary/aromatic N) is 4. The van der Waals surface area contributed by atoms with E-state index < -0.39 is 0 Å². The molecule has 9 heteroatoms. The highest BCUT2D eigenvalue weighted by Crippen LogP contribution is 2.28. The molecule has 0 aliphatic heterocycles. The first-order valence-electron chi connectivity index (χ1n) is 6.67. The van der Waals surface area contributed by atoms with E-state index in [1.165, 1.54) is 16.4 Å². The lowest BCUT2D eigenvalue weighted by atomic mass is 10.4. The Labute approximate surface area is 139 Å². The van der Waals surface area contributed by atoms with E-state index in [9.17, 15) is 0 Å². The normalized spacial score (nSPS) is 11.1. The molecule has 0 spiro atoms. The standard InChI is InChI=1S/C14H11N5O2S2/c15-19-12(10-3-1-5-20-10)17-18-14(19)23-8-9-7-22-13(16-9)11-4-2-6-21-11/h1-7H,8,15H2. The predicted molar refractivity (Wildman–Crippen MR) is 87.3 cm³/mol. The third-order valence-corrected chi connectivity index (χ3v) is 4.92. The topological polar surface area (TPSA) is 95.9 Å². The predicted octanol–water partition coefficient (Wildman–Crippen LogP) is 3.26. The van der Waals surface area contributed by atoms with Crippen molar-refractivity contribution >= 4 is 23.1 Å². The van der Waals surface area contributed by atoms with Crippen LogP contribution in [0.1, 0.15) is 5.69 Å². The molecule has 0 bridgehead atoms. The van der Waals surface area contributed by atoms with Crippen molar-refractivity contribution in [3.05, 3.63) is 47.9 Å². The van der Waals surface area contributed by atoms with E-state index in [4.69, 9.17) is 14.7 Å². The Morgan fingerprint density at radius 3 is 2.65 bits per heavy atom. The van der Waals surface area contributed by atoms with E-state index in [0.29, 0.717) is 22.5 Å². The number of hydrogen-bond acceptors (Lipinski definition) is 8. The van der Waals surface area contributed by atoms with Crippen molar-refractivity contribution in [1.29, 1.82) is 0 Å². The van der Waals surface area contributed by atoms with Crippen molar-refractivity contribution in [3.8, 4) is 22.4 Å². The Kier molecular flexibility index (Phi) is 3.64.